The molecule has 5 heteroatoms. The van der Waals surface area contributed by atoms with Gasteiger partial charge in [0, 0.05) is 20.1 Å². The molecule has 2 atom stereocenters. The van der Waals surface area contributed by atoms with Crippen LogP contribution in [-0.2, 0) is 16.0 Å². The topological polar surface area (TPSA) is 69.6 Å². The summed E-state index contributed by atoms with van der Waals surface area (Å²) in [6, 6.07) is 14.3. The molecule has 2 amide bonds. The number of nitrogens with zero attached hydrogens (tertiary/aromatic N) is 1. The van der Waals surface area contributed by atoms with Crippen molar-refractivity contribution in [2.24, 2.45) is 5.92 Å². The normalized spacial score (nSPS) is 21.0. The number of fused-ring (bicyclic) bond motifs is 1. The van der Waals surface area contributed by atoms with E-state index in [1.807, 2.05) is 18.2 Å². The van der Waals surface area contributed by atoms with Crippen LogP contribution in [0.25, 0.3) is 10.8 Å². The highest BCUT2D eigenvalue weighted by atomic mass is 16.3. The van der Waals surface area contributed by atoms with Crippen LogP contribution in [0, 0.1) is 5.92 Å². The molecule has 0 saturated carbocycles. The van der Waals surface area contributed by atoms with Crippen LogP contribution in [-0.4, -0.2) is 48.1 Å². The summed E-state index contributed by atoms with van der Waals surface area (Å²) in [6.07, 6.45) is -0.516. The summed E-state index contributed by atoms with van der Waals surface area (Å²) in [6.45, 7) is 0.744. The van der Waals surface area contributed by atoms with E-state index in [1.165, 1.54) is 21.2 Å². The molecule has 0 spiro atoms. The van der Waals surface area contributed by atoms with E-state index >= 15 is 0 Å². The van der Waals surface area contributed by atoms with Gasteiger partial charge in [0.1, 0.15) is 6.10 Å². The van der Waals surface area contributed by atoms with E-state index in [0.717, 1.165) is 0 Å². The first-order valence-corrected chi connectivity index (χ1v) is 7.75. The summed E-state index contributed by atoms with van der Waals surface area (Å²) < 4.78 is 0. The van der Waals surface area contributed by atoms with Gasteiger partial charge in [-0.05, 0) is 22.8 Å². The highest BCUT2D eigenvalue weighted by Gasteiger charge is 2.41. The molecule has 1 fully saturated rings. The van der Waals surface area contributed by atoms with Crippen molar-refractivity contribution in [1.82, 2.24) is 10.2 Å². The first kappa shape index (κ1) is 15.5. The Hall–Kier alpha value is -2.40. The maximum absolute atomic E-state index is 12.2. The predicted molar refractivity (Wildman–Crippen MR) is 87.8 cm³/mol. The van der Waals surface area contributed by atoms with Crippen LogP contribution < -0.4 is 5.32 Å². The van der Waals surface area contributed by atoms with Crippen molar-refractivity contribution < 1.29 is 14.7 Å². The smallest absolute Gasteiger partial charge is 0.252 e. The number of nitrogens with one attached hydrogen (secondary N) is 1. The zero-order chi connectivity index (χ0) is 16.4. The van der Waals surface area contributed by atoms with Crippen molar-refractivity contribution >= 4 is 22.6 Å². The van der Waals surface area contributed by atoms with Gasteiger partial charge in [-0.3, -0.25) is 9.59 Å². The van der Waals surface area contributed by atoms with Gasteiger partial charge in [-0.1, -0.05) is 42.5 Å². The minimum absolute atomic E-state index is 0.264. The zero-order valence-corrected chi connectivity index (χ0v) is 13.0. The second kappa shape index (κ2) is 6.38. The van der Waals surface area contributed by atoms with Crippen molar-refractivity contribution in [3.05, 3.63) is 48.0 Å². The Morgan fingerprint density at radius 3 is 2.74 bits per heavy atom. The molecule has 3 rings (SSSR count). The fraction of sp³-hybridized carbons (Fsp3) is 0.333. The summed E-state index contributed by atoms with van der Waals surface area (Å²) in [7, 11) is 1.59. The predicted octanol–water partition coefficient (Wildman–Crippen LogP) is 0.948. The van der Waals surface area contributed by atoms with Crippen LogP contribution in [0.4, 0.5) is 0 Å². The molecule has 0 bridgehead atoms. The van der Waals surface area contributed by atoms with Crippen molar-refractivity contribution in [1.29, 1.82) is 0 Å². The fourth-order valence-electron chi connectivity index (χ4n) is 3.07. The summed E-state index contributed by atoms with van der Waals surface area (Å²) in [5.41, 5.74) is 1.17. The highest BCUT2D eigenvalue weighted by Crippen LogP contribution is 2.19. The quantitative estimate of drug-likeness (QED) is 0.883. The molecule has 1 heterocycles. The number of rotatable bonds is 4. The summed E-state index contributed by atoms with van der Waals surface area (Å²) in [4.78, 5) is 25.1. The second-order valence-electron chi connectivity index (χ2n) is 5.95. The Kier molecular flexibility index (Phi) is 4.30. The van der Waals surface area contributed by atoms with E-state index in [0.29, 0.717) is 13.0 Å². The van der Waals surface area contributed by atoms with Gasteiger partial charge in [0.05, 0.1) is 5.92 Å². The number of aliphatic hydroxyl groups excluding tert-OH is 1. The van der Waals surface area contributed by atoms with Gasteiger partial charge in [0.2, 0.25) is 5.91 Å². The third-order valence-electron chi connectivity index (χ3n) is 4.39. The summed E-state index contributed by atoms with van der Waals surface area (Å²) in [5.74, 6) is -1.34. The van der Waals surface area contributed by atoms with E-state index in [2.05, 4.69) is 29.6 Å². The first-order valence-electron chi connectivity index (χ1n) is 7.75. The lowest BCUT2D eigenvalue weighted by Crippen LogP contribution is -2.38. The molecule has 1 aliphatic rings. The lowest BCUT2D eigenvalue weighted by molar-refractivity contribution is -0.137. The minimum Gasteiger partial charge on any atom is -0.382 e. The third kappa shape index (κ3) is 3.05. The lowest BCUT2D eigenvalue weighted by atomic mass is 10.0. The second-order valence-corrected chi connectivity index (χ2v) is 5.95. The molecule has 120 valence electrons. The average Bonchev–Trinajstić information content (AvgIpc) is 2.82. The fourth-order valence-corrected chi connectivity index (χ4v) is 3.07. The van der Waals surface area contributed by atoms with Gasteiger partial charge in [0.15, 0.2) is 0 Å². The van der Waals surface area contributed by atoms with Crippen LogP contribution in [0.3, 0.4) is 0 Å². The standard InChI is InChI=1S/C18H20N2O3/c1-20-11-15(16(21)18(20)23)17(22)19-10-9-13-7-4-6-12-5-2-3-8-14(12)13/h2-8,15-16,21H,9-11H2,1H3,(H,19,22). The Bertz CT molecular complexity index is 739. The monoisotopic (exact) mass is 312 g/mol. The SMILES string of the molecule is CN1CC(C(=O)NCCc2cccc3ccccc23)C(O)C1=O. The van der Waals surface area contributed by atoms with E-state index in [9.17, 15) is 14.7 Å². The number of aliphatic hydroxyl groups is 1. The van der Waals surface area contributed by atoms with Crippen LogP contribution >= 0.6 is 0 Å². The van der Waals surface area contributed by atoms with E-state index < -0.39 is 12.0 Å². The first-order chi connectivity index (χ1) is 11.1. The molecule has 0 radical (unpaired) electrons. The van der Waals surface area contributed by atoms with Crippen LogP contribution in [0.5, 0.6) is 0 Å². The molecule has 1 saturated heterocycles. The van der Waals surface area contributed by atoms with Gasteiger partial charge in [-0.15, -0.1) is 0 Å². The average molecular weight is 312 g/mol. The maximum atomic E-state index is 12.2. The van der Waals surface area contributed by atoms with E-state index in [1.54, 1.807) is 7.05 Å². The summed E-state index contributed by atoms with van der Waals surface area (Å²) in [5, 5.41) is 15.0. The molecule has 2 N–H and O–H groups in total. The van der Waals surface area contributed by atoms with Crippen LogP contribution in [0.2, 0.25) is 0 Å². The van der Waals surface area contributed by atoms with Gasteiger partial charge in [-0.25, -0.2) is 0 Å². The van der Waals surface area contributed by atoms with Crippen molar-refractivity contribution in [2.45, 2.75) is 12.5 Å². The number of hydrogen-bond donors (Lipinski definition) is 2. The molecular weight excluding hydrogens is 292 g/mol. The van der Waals surface area contributed by atoms with Gasteiger partial charge < -0.3 is 15.3 Å². The number of likely N-dealkylation sites (N-methyl/N-ethyl adjacent to an activating group) is 1. The van der Waals surface area contributed by atoms with E-state index in [-0.39, 0.29) is 18.4 Å². The third-order valence-corrected chi connectivity index (χ3v) is 4.39. The molecule has 2 unspecified atom stereocenters. The van der Waals surface area contributed by atoms with Gasteiger partial charge in [0.25, 0.3) is 5.91 Å². The molecule has 2 aromatic carbocycles. The molecule has 5 nitrogen and oxygen atoms in total. The van der Waals surface area contributed by atoms with Gasteiger partial charge in [-0.2, -0.15) is 0 Å². The molecule has 23 heavy (non-hydrogen) atoms. The maximum Gasteiger partial charge on any atom is 0.252 e. The number of amides is 2. The van der Waals surface area contributed by atoms with E-state index in [4.69, 9.17) is 0 Å². The molecule has 2 aromatic rings. The van der Waals surface area contributed by atoms with Gasteiger partial charge >= 0.3 is 0 Å². The molecular formula is C18H20N2O3. The van der Waals surface area contributed by atoms with Crippen molar-refractivity contribution in [3.63, 3.8) is 0 Å². The van der Waals surface area contributed by atoms with Crippen molar-refractivity contribution in [2.75, 3.05) is 20.1 Å². The van der Waals surface area contributed by atoms with Crippen LogP contribution in [0.1, 0.15) is 5.56 Å². The number of carbonyl (C=O) groups is 2. The van der Waals surface area contributed by atoms with Crippen LogP contribution in [0.15, 0.2) is 42.5 Å². The molecule has 0 aliphatic carbocycles. The highest BCUT2D eigenvalue weighted by molar-refractivity contribution is 5.92. The Balaban J connectivity index is 1.61. The zero-order valence-electron chi connectivity index (χ0n) is 13.0. The largest absolute Gasteiger partial charge is 0.382 e. The lowest BCUT2D eigenvalue weighted by Gasteiger charge is -2.13. The number of benzene rings is 2. The molecule has 0 aromatic heterocycles. The number of likely N-dealkylation sites (tertiary alicyclic amines) is 1. The Labute approximate surface area is 134 Å². The molecule has 1 aliphatic heterocycles. The Morgan fingerprint density at radius 1 is 1.26 bits per heavy atom. The van der Waals surface area contributed by atoms with Crippen molar-refractivity contribution in [3.8, 4) is 0 Å². The minimum atomic E-state index is -1.22. The number of hydrogen-bond acceptors (Lipinski definition) is 3. The Morgan fingerprint density at radius 2 is 2.00 bits per heavy atom. The number of carbonyl (C=O) groups excluding carboxylic acids is 2. The summed E-state index contributed by atoms with van der Waals surface area (Å²) >= 11 is 0.